The van der Waals surface area contributed by atoms with Crippen LogP contribution in [0.25, 0.3) is 10.9 Å². The summed E-state index contributed by atoms with van der Waals surface area (Å²) in [4.78, 5) is 16.3. The molecule has 3 heteroatoms. The van der Waals surface area contributed by atoms with Crippen LogP contribution in [-0.2, 0) is 12.8 Å². The van der Waals surface area contributed by atoms with E-state index in [-0.39, 0.29) is 5.43 Å². The Morgan fingerprint density at radius 1 is 0.909 bits per heavy atom. The van der Waals surface area contributed by atoms with E-state index < -0.39 is 0 Å². The minimum Gasteiger partial charge on any atom is -0.457 e. The van der Waals surface area contributed by atoms with Gasteiger partial charge in [-0.25, -0.2) is 0 Å². The number of para-hydroxylation sites is 1. The normalized spacial score (nSPS) is 13.8. The number of aromatic amines is 1. The Kier molecular flexibility index (Phi) is 3.19. The van der Waals surface area contributed by atoms with Crippen molar-refractivity contribution in [1.82, 2.24) is 4.98 Å². The summed E-state index contributed by atoms with van der Waals surface area (Å²) in [5, 5.41) is 0.659. The van der Waals surface area contributed by atoms with E-state index in [0.29, 0.717) is 11.1 Å². The number of pyridine rings is 1. The third-order valence-corrected chi connectivity index (χ3v) is 4.25. The monoisotopic (exact) mass is 291 g/mol. The van der Waals surface area contributed by atoms with E-state index in [4.69, 9.17) is 4.74 Å². The third kappa shape index (κ3) is 2.19. The molecule has 1 N–H and O–H groups in total. The maximum absolute atomic E-state index is 12.9. The molecule has 1 heterocycles. The smallest absolute Gasteiger partial charge is 0.196 e. The lowest BCUT2D eigenvalue weighted by molar-refractivity contribution is 0.488. The number of hydrogen-bond acceptors (Lipinski definition) is 2. The van der Waals surface area contributed by atoms with Gasteiger partial charge in [-0.1, -0.05) is 24.3 Å². The number of nitrogens with one attached hydrogen (secondary N) is 1. The second-order valence-electron chi connectivity index (χ2n) is 5.71. The van der Waals surface area contributed by atoms with E-state index >= 15 is 0 Å². The number of hydrogen-bond donors (Lipinski definition) is 1. The van der Waals surface area contributed by atoms with Gasteiger partial charge >= 0.3 is 0 Å². The zero-order chi connectivity index (χ0) is 14.9. The maximum Gasteiger partial charge on any atom is 0.196 e. The van der Waals surface area contributed by atoms with E-state index in [1.54, 1.807) is 0 Å². The molecule has 2 aromatic carbocycles. The van der Waals surface area contributed by atoms with Crippen LogP contribution in [0.5, 0.6) is 11.5 Å². The summed E-state index contributed by atoms with van der Waals surface area (Å²) in [6, 6.07) is 15.3. The van der Waals surface area contributed by atoms with Crippen molar-refractivity contribution < 1.29 is 4.74 Å². The second-order valence-corrected chi connectivity index (χ2v) is 5.71. The Labute approximate surface area is 128 Å². The lowest BCUT2D eigenvalue weighted by Gasteiger charge is -2.17. The summed E-state index contributed by atoms with van der Waals surface area (Å²) in [5.74, 6) is 1.37. The first-order valence-corrected chi connectivity index (χ1v) is 7.72. The minimum absolute atomic E-state index is 0.120. The van der Waals surface area contributed by atoms with Crippen molar-refractivity contribution in [3.05, 3.63) is 70.0 Å². The molecule has 1 aromatic heterocycles. The number of ether oxygens (including phenoxy) is 1. The molecular weight excluding hydrogens is 274 g/mol. The highest BCUT2D eigenvalue weighted by molar-refractivity contribution is 5.86. The minimum atomic E-state index is 0.120. The number of H-pyrrole nitrogens is 1. The van der Waals surface area contributed by atoms with Gasteiger partial charge in [-0.15, -0.1) is 0 Å². The summed E-state index contributed by atoms with van der Waals surface area (Å²) in [6.45, 7) is 0. The topological polar surface area (TPSA) is 42.1 Å². The Morgan fingerprint density at radius 2 is 1.73 bits per heavy atom. The fraction of sp³-hybridized carbons (Fsp3) is 0.211. The molecule has 0 saturated heterocycles. The molecule has 0 bridgehead atoms. The SMILES string of the molecule is O=c1c2c([nH]c3cccc(Oc4ccccc4)c13)CCCC2. The van der Waals surface area contributed by atoms with Gasteiger partial charge in [0.2, 0.25) is 0 Å². The van der Waals surface area contributed by atoms with Crippen molar-refractivity contribution in [2.45, 2.75) is 25.7 Å². The number of benzene rings is 2. The summed E-state index contributed by atoms with van der Waals surface area (Å²) in [6.07, 6.45) is 4.06. The first kappa shape index (κ1) is 13.1. The van der Waals surface area contributed by atoms with Crippen molar-refractivity contribution in [2.24, 2.45) is 0 Å². The van der Waals surface area contributed by atoms with Crippen LogP contribution in [0.15, 0.2) is 53.3 Å². The summed E-state index contributed by atoms with van der Waals surface area (Å²) >= 11 is 0. The van der Waals surface area contributed by atoms with Gasteiger partial charge in [-0.05, 0) is 49.9 Å². The Bertz CT molecular complexity index is 881. The number of aromatic nitrogens is 1. The molecule has 0 saturated carbocycles. The van der Waals surface area contributed by atoms with Crippen molar-refractivity contribution >= 4 is 10.9 Å². The molecule has 0 fully saturated rings. The van der Waals surface area contributed by atoms with Crippen LogP contribution in [0, 0.1) is 0 Å². The van der Waals surface area contributed by atoms with E-state index in [9.17, 15) is 4.79 Å². The Balaban J connectivity index is 1.91. The largest absolute Gasteiger partial charge is 0.457 e. The predicted molar refractivity (Wildman–Crippen MR) is 87.7 cm³/mol. The quantitative estimate of drug-likeness (QED) is 0.769. The van der Waals surface area contributed by atoms with Gasteiger partial charge in [0.15, 0.2) is 5.43 Å². The number of fused-ring (bicyclic) bond motifs is 2. The average molecular weight is 291 g/mol. The molecule has 3 aromatic rings. The highest BCUT2D eigenvalue weighted by Gasteiger charge is 2.18. The molecule has 110 valence electrons. The molecule has 3 nitrogen and oxygen atoms in total. The third-order valence-electron chi connectivity index (χ3n) is 4.25. The summed E-state index contributed by atoms with van der Waals surface area (Å²) < 4.78 is 5.94. The maximum atomic E-state index is 12.9. The van der Waals surface area contributed by atoms with Gasteiger partial charge in [0.1, 0.15) is 11.5 Å². The second kappa shape index (κ2) is 5.34. The van der Waals surface area contributed by atoms with Crippen molar-refractivity contribution in [3.63, 3.8) is 0 Å². The number of rotatable bonds is 2. The van der Waals surface area contributed by atoms with Crippen molar-refractivity contribution in [3.8, 4) is 11.5 Å². The lowest BCUT2D eigenvalue weighted by Crippen LogP contribution is -2.18. The number of aryl methyl sites for hydroxylation is 1. The highest BCUT2D eigenvalue weighted by Crippen LogP contribution is 2.29. The fourth-order valence-corrected chi connectivity index (χ4v) is 3.18. The van der Waals surface area contributed by atoms with Gasteiger partial charge in [0, 0.05) is 11.3 Å². The predicted octanol–water partition coefficient (Wildman–Crippen LogP) is 4.20. The lowest BCUT2D eigenvalue weighted by atomic mass is 9.94. The zero-order valence-electron chi connectivity index (χ0n) is 12.3. The van der Waals surface area contributed by atoms with Crippen LogP contribution in [0.1, 0.15) is 24.1 Å². The standard InChI is InChI=1S/C19H17NO2/c21-19-14-9-4-5-10-15(14)20-16-11-6-12-17(18(16)19)22-13-7-2-1-3-8-13/h1-3,6-8,11-12H,4-5,9-10H2,(H,20,21). The first-order chi connectivity index (χ1) is 10.8. The average Bonchev–Trinajstić information content (AvgIpc) is 2.56. The summed E-state index contributed by atoms with van der Waals surface area (Å²) in [5.41, 5.74) is 3.01. The van der Waals surface area contributed by atoms with Crippen LogP contribution >= 0.6 is 0 Å². The van der Waals surface area contributed by atoms with E-state index in [1.165, 1.54) is 0 Å². The Morgan fingerprint density at radius 3 is 2.59 bits per heavy atom. The first-order valence-electron chi connectivity index (χ1n) is 7.72. The highest BCUT2D eigenvalue weighted by atomic mass is 16.5. The molecule has 0 unspecified atom stereocenters. The van der Waals surface area contributed by atoms with Gasteiger partial charge in [0.25, 0.3) is 0 Å². The Hall–Kier alpha value is -2.55. The van der Waals surface area contributed by atoms with Crippen LogP contribution in [0.2, 0.25) is 0 Å². The van der Waals surface area contributed by atoms with Gasteiger partial charge < -0.3 is 9.72 Å². The molecule has 1 aliphatic carbocycles. The van der Waals surface area contributed by atoms with E-state index in [2.05, 4.69) is 4.98 Å². The van der Waals surface area contributed by atoms with E-state index in [0.717, 1.165) is 48.2 Å². The van der Waals surface area contributed by atoms with Crippen LogP contribution in [-0.4, -0.2) is 4.98 Å². The molecular formula is C19H17NO2. The van der Waals surface area contributed by atoms with Crippen LogP contribution in [0.4, 0.5) is 0 Å². The van der Waals surface area contributed by atoms with Crippen molar-refractivity contribution in [2.75, 3.05) is 0 Å². The molecule has 4 rings (SSSR count). The summed E-state index contributed by atoms with van der Waals surface area (Å²) in [7, 11) is 0. The van der Waals surface area contributed by atoms with Gasteiger partial charge in [-0.2, -0.15) is 0 Å². The molecule has 0 aliphatic heterocycles. The fourth-order valence-electron chi connectivity index (χ4n) is 3.18. The van der Waals surface area contributed by atoms with Gasteiger partial charge in [-0.3, -0.25) is 4.79 Å². The van der Waals surface area contributed by atoms with E-state index in [1.807, 2.05) is 48.5 Å². The molecule has 0 atom stereocenters. The van der Waals surface area contributed by atoms with Gasteiger partial charge in [0.05, 0.1) is 10.9 Å². The molecule has 0 radical (unpaired) electrons. The van der Waals surface area contributed by atoms with Crippen LogP contribution < -0.4 is 10.2 Å². The molecule has 1 aliphatic rings. The zero-order valence-corrected chi connectivity index (χ0v) is 12.3. The van der Waals surface area contributed by atoms with Crippen molar-refractivity contribution in [1.29, 1.82) is 0 Å². The molecule has 0 spiro atoms. The molecule has 22 heavy (non-hydrogen) atoms. The molecule has 0 amide bonds. The van der Waals surface area contributed by atoms with Crippen LogP contribution in [0.3, 0.4) is 0 Å².